The summed E-state index contributed by atoms with van der Waals surface area (Å²) in [5, 5.41) is 3.62. The number of Topliss-reactive ketones (excluding diaryl/α,β-unsaturated/α-hetero) is 1. The molecule has 1 aromatic heterocycles. The number of nitrogens with zero attached hydrogens (tertiary/aromatic N) is 3. The van der Waals surface area contributed by atoms with Gasteiger partial charge in [0.05, 0.1) is 0 Å². The molecular weight excluding hydrogens is 401 g/mol. The number of nitrogens with two attached hydrogens (primary N) is 2. The van der Waals surface area contributed by atoms with Crippen molar-refractivity contribution >= 4 is 12.1 Å². The minimum Gasteiger partial charge on any atom is -0.484 e. The summed E-state index contributed by atoms with van der Waals surface area (Å²) in [6, 6.07) is 7.79. The zero-order valence-corrected chi connectivity index (χ0v) is 14.7. The Bertz CT molecular complexity index is 854. The molecule has 0 amide bonds. The van der Waals surface area contributed by atoms with Crippen LogP contribution in [-0.4, -0.2) is 41.4 Å². The van der Waals surface area contributed by atoms with Crippen LogP contribution < -0.4 is 16.4 Å². The lowest BCUT2D eigenvalue weighted by Gasteiger charge is -2.18. The summed E-state index contributed by atoms with van der Waals surface area (Å²) < 4.78 is 69.5. The van der Waals surface area contributed by atoms with E-state index < -0.39 is 36.7 Å². The molecule has 7 nitrogen and oxygen atoms in total. The molecule has 2 rings (SSSR count). The van der Waals surface area contributed by atoms with Crippen molar-refractivity contribution in [2.45, 2.75) is 12.1 Å². The third-order valence-corrected chi connectivity index (χ3v) is 3.57. The topological polar surface area (TPSA) is 107 Å². The van der Waals surface area contributed by atoms with Gasteiger partial charge in [-0.25, -0.2) is 5.84 Å². The number of carbonyl (C=O) groups is 1. The van der Waals surface area contributed by atoms with E-state index in [1.807, 2.05) is 0 Å². The molecule has 1 aromatic carbocycles. The molecule has 0 aliphatic heterocycles. The average molecular weight is 417 g/mol. The third-order valence-electron chi connectivity index (χ3n) is 3.57. The number of aromatic nitrogens is 1. The lowest BCUT2D eigenvalue weighted by Crippen LogP contribution is -2.41. The van der Waals surface area contributed by atoms with Gasteiger partial charge in [0.25, 0.3) is 0 Å². The number of rotatable bonds is 8. The summed E-state index contributed by atoms with van der Waals surface area (Å²) in [6.07, 6.45) is -2.53. The van der Waals surface area contributed by atoms with Gasteiger partial charge >= 0.3 is 12.1 Å². The standard InChI is InChI=1S/C17H16F5N5O2/c18-16(19,20)9-29-13-4-1-11(2-5-13)12-3-6-14(25-7-12)17(21,22)15(28)8-27(24)10-26-23/h1-7,10H,8-9,23-24H2/b26-10-. The number of carbonyl (C=O) groups excluding carboxylic acids is 1. The molecule has 0 unspecified atom stereocenters. The molecule has 1 heterocycles. The first-order valence-electron chi connectivity index (χ1n) is 7.95. The van der Waals surface area contributed by atoms with E-state index in [0.717, 1.165) is 18.6 Å². The van der Waals surface area contributed by atoms with Gasteiger partial charge in [0.2, 0.25) is 5.78 Å². The van der Waals surface area contributed by atoms with Crippen LogP contribution >= 0.6 is 0 Å². The minimum absolute atomic E-state index is 0.000131. The quantitative estimate of drug-likeness (QED) is 0.225. The minimum atomic E-state index is -4.46. The molecular formula is C17H16F5N5O2. The van der Waals surface area contributed by atoms with Crippen molar-refractivity contribution in [2.75, 3.05) is 13.2 Å². The Morgan fingerprint density at radius 2 is 1.72 bits per heavy atom. The van der Waals surface area contributed by atoms with Crippen molar-refractivity contribution < 1.29 is 31.5 Å². The molecule has 0 atom stereocenters. The molecule has 0 radical (unpaired) electrons. The molecule has 0 saturated carbocycles. The van der Waals surface area contributed by atoms with Crippen LogP contribution in [0.15, 0.2) is 47.7 Å². The normalized spacial score (nSPS) is 12.2. The second kappa shape index (κ2) is 8.82. The largest absolute Gasteiger partial charge is 0.484 e. The van der Waals surface area contributed by atoms with Crippen molar-refractivity contribution in [3.05, 3.63) is 48.3 Å². The molecule has 0 bridgehead atoms. The van der Waals surface area contributed by atoms with E-state index in [9.17, 15) is 26.7 Å². The van der Waals surface area contributed by atoms with E-state index in [1.54, 1.807) is 0 Å². The Labute approximate surface area is 161 Å². The first-order chi connectivity index (χ1) is 13.5. The lowest BCUT2D eigenvalue weighted by atomic mass is 10.1. The number of hydrogen-bond acceptors (Lipinski definition) is 6. The highest BCUT2D eigenvalue weighted by Gasteiger charge is 2.42. The summed E-state index contributed by atoms with van der Waals surface area (Å²) >= 11 is 0. The summed E-state index contributed by atoms with van der Waals surface area (Å²) in [5.74, 6) is 4.69. The van der Waals surface area contributed by atoms with Gasteiger partial charge in [-0.05, 0) is 23.8 Å². The van der Waals surface area contributed by atoms with E-state index in [-0.39, 0.29) is 5.75 Å². The molecule has 0 aliphatic rings. The van der Waals surface area contributed by atoms with Crippen LogP contribution in [0.5, 0.6) is 5.75 Å². The summed E-state index contributed by atoms with van der Waals surface area (Å²) in [7, 11) is 0. The van der Waals surface area contributed by atoms with Crippen molar-refractivity contribution in [1.82, 2.24) is 9.99 Å². The Kier molecular flexibility index (Phi) is 6.69. The summed E-state index contributed by atoms with van der Waals surface area (Å²) in [6.45, 7) is -2.26. The zero-order valence-electron chi connectivity index (χ0n) is 14.7. The highest BCUT2D eigenvalue weighted by atomic mass is 19.4. The number of hydrogen-bond donors (Lipinski definition) is 2. The maximum atomic E-state index is 14.2. The summed E-state index contributed by atoms with van der Waals surface area (Å²) in [5.41, 5.74) is 0.134. The fourth-order valence-electron chi connectivity index (χ4n) is 2.19. The molecule has 0 aliphatic carbocycles. The molecule has 0 spiro atoms. The van der Waals surface area contributed by atoms with Gasteiger partial charge in [-0.1, -0.05) is 18.2 Å². The van der Waals surface area contributed by atoms with Crippen molar-refractivity contribution in [3.8, 4) is 16.9 Å². The van der Waals surface area contributed by atoms with Crippen LogP contribution in [-0.2, 0) is 10.7 Å². The predicted molar refractivity (Wildman–Crippen MR) is 93.7 cm³/mol. The van der Waals surface area contributed by atoms with E-state index in [2.05, 4.69) is 14.8 Å². The summed E-state index contributed by atoms with van der Waals surface area (Å²) in [4.78, 5) is 15.4. The number of hydrazine groups is 1. The smallest absolute Gasteiger partial charge is 0.422 e. The van der Waals surface area contributed by atoms with E-state index in [0.29, 0.717) is 16.1 Å². The third kappa shape index (κ3) is 6.10. The zero-order chi connectivity index (χ0) is 21.7. The van der Waals surface area contributed by atoms with Gasteiger partial charge in [-0.15, -0.1) is 0 Å². The molecule has 29 heavy (non-hydrogen) atoms. The second-order valence-electron chi connectivity index (χ2n) is 5.79. The van der Waals surface area contributed by atoms with Crippen LogP contribution in [0, 0.1) is 0 Å². The van der Waals surface area contributed by atoms with Crippen LogP contribution in [0.2, 0.25) is 0 Å². The van der Waals surface area contributed by atoms with Crippen molar-refractivity contribution in [1.29, 1.82) is 0 Å². The number of ether oxygens (including phenoxy) is 1. The Morgan fingerprint density at radius 3 is 2.24 bits per heavy atom. The fraction of sp³-hybridized carbons (Fsp3) is 0.235. The SMILES string of the molecule is N/N=C\N(N)CC(=O)C(F)(F)c1ccc(-c2ccc(OCC(F)(F)F)cc2)cn1. The first kappa shape index (κ1) is 22.0. The molecule has 2 aromatic rings. The second-order valence-corrected chi connectivity index (χ2v) is 5.79. The van der Waals surface area contributed by atoms with Crippen LogP contribution in [0.1, 0.15) is 5.69 Å². The molecule has 0 fully saturated rings. The Balaban J connectivity index is 2.10. The number of halogens is 5. The van der Waals surface area contributed by atoms with Gasteiger partial charge in [0.15, 0.2) is 6.61 Å². The van der Waals surface area contributed by atoms with Crippen LogP contribution in [0.4, 0.5) is 22.0 Å². The highest BCUT2D eigenvalue weighted by Crippen LogP contribution is 2.30. The van der Waals surface area contributed by atoms with Gasteiger partial charge in [-0.3, -0.25) is 14.8 Å². The van der Waals surface area contributed by atoms with E-state index in [1.165, 1.54) is 30.3 Å². The van der Waals surface area contributed by atoms with E-state index in [4.69, 9.17) is 11.7 Å². The fourth-order valence-corrected chi connectivity index (χ4v) is 2.19. The monoisotopic (exact) mass is 417 g/mol. The lowest BCUT2D eigenvalue weighted by molar-refractivity contribution is -0.153. The Morgan fingerprint density at radius 1 is 1.10 bits per heavy atom. The predicted octanol–water partition coefficient (Wildman–Crippen LogP) is 2.43. The molecule has 4 N–H and O–H groups in total. The average Bonchev–Trinajstić information content (AvgIpc) is 2.66. The van der Waals surface area contributed by atoms with E-state index >= 15 is 0 Å². The van der Waals surface area contributed by atoms with Gasteiger partial charge < -0.3 is 10.6 Å². The van der Waals surface area contributed by atoms with Crippen LogP contribution in [0.25, 0.3) is 11.1 Å². The van der Waals surface area contributed by atoms with Gasteiger partial charge in [-0.2, -0.15) is 27.1 Å². The number of alkyl halides is 5. The highest BCUT2D eigenvalue weighted by molar-refractivity contribution is 5.89. The number of hydrazone groups is 1. The Hall–Kier alpha value is -3.28. The van der Waals surface area contributed by atoms with Gasteiger partial charge in [0.1, 0.15) is 24.3 Å². The molecule has 12 heteroatoms. The molecule has 0 saturated heterocycles. The number of benzene rings is 1. The van der Waals surface area contributed by atoms with Crippen LogP contribution in [0.3, 0.4) is 0 Å². The maximum Gasteiger partial charge on any atom is 0.422 e. The number of pyridine rings is 1. The van der Waals surface area contributed by atoms with Crippen molar-refractivity contribution in [3.63, 3.8) is 0 Å². The maximum absolute atomic E-state index is 14.2. The number of ketones is 1. The van der Waals surface area contributed by atoms with Crippen molar-refractivity contribution in [2.24, 2.45) is 16.8 Å². The first-order valence-corrected chi connectivity index (χ1v) is 7.95. The van der Waals surface area contributed by atoms with Gasteiger partial charge in [0, 0.05) is 11.8 Å². The molecule has 156 valence electrons.